The van der Waals surface area contributed by atoms with E-state index in [1.54, 1.807) is 0 Å². The van der Waals surface area contributed by atoms with Crippen molar-refractivity contribution in [2.75, 3.05) is 13.2 Å². The highest BCUT2D eigenvalue weighted by atomic mass is 79.9. The van der Waals surface area contributed by atoms with Crippen molar-refractivity contribution in [3.05, 3.63) is 28.7 Å². The molecule has 1 amide bonds. The van der Waals surface area contributed by atoms with E-state index in [1.165, 1.54) is 0 Å². The molecule has 1 N–H and O–H groups in total. The maximum atomic E-state index is 10.9. The summed E-state index contributed by atoms with van der Waals surface area (Å²) in [4.78, 5) is 10.9. The molecular weight excluding hydrogens is 258 g/mol. The molecule has 1 aliphatic heterocycles. The number of benzene rings is 1. The van der Waals surface area contributed by atoms with Crippen LogP contribution in [0.5, 0.6) is 5.75 Å². The lowest BCUT2D eigenvalue weighted by atomic mass is 10.1. The lowest BCUT2D eigenvalue weighted by Gasteiger charge is -2.09. The van der Waals surface area contributed by atoms with Crippen LogP contribution in [0.3, 0.4) is 0 Å². The number of carbonyl (C=O) groups is 1. The molecule has 3 nitrogen and oxygen atoms in total. The van der Waals surface area contributed by atoms with Gasteiger partial charge >= 0.3 is 0 Å². The highest BCUT2D eigenvalue weighted by Crippen LogP contribution is 2.18. The molecule has 1 aromatic rings. The molecule has 1 aliphatic rings. The number of hydrogen-bond acceptors (Lipinski definition) is 2. The highest BCUT2D eigenvalue weighted by molar-refractivity contribution is 9.10. The molecule has 1 atom stereocenters. The molecule has 0 aliphatic carbocycles. The Kier molecular flexibility index (Phi) is 3.26. The van der Waals surface area contributed by atoms with Crippen molar-refractivity contribution in [3.63, 3.8) is 0 Å². The summed E-state index contributed by atoms with van der Waals surface area (Å²) in [6.45, 7) is 1.33. The van der Waals surface area contributed by atoms with Gasteiger partial charge in [-0.3, -0.25) is 4.79 Å². The summed E-state index contributed by atoms with van der Waals surface area (Å²) in [6.07, 6.45) is 0.580. The van der Waals surface area contributed by atoms with Gasteiger partial charge in [-0.15, -0.1) is 0 Å². The first-order valence-electron chi connectivity index (χ1n) is 4.89. The summed E-state index contributed by atoms with van der Waals surface area (Å²) in [7, 11) is 0. The fourth-order valence-electron chi connectivity index (χ4n) is 1.53. The summed E-state index contributed by atoms with van der Waals surface area (Å²) in [5, 5.41) is 2.79. The zero-order valence-electron chi connectivity index (χ0n) is 8.20. The van der Waals surface area contributed by atoms with Crippen LogP contribution in [0.25, 0.3) is 0 Å². The van der Waals surface area contributed by atoms with Gasteiger partial charge in [-0.2, -0.15) is 0 Å². The third-order valence-corrected chi connectivity index (χ3v) is 2.89. The summed E-state index contributed by atoms with van der Waals surface area (Å²) < 4.78 is 6.61. The molecule has 1 fully saturated rings. The van der Waals surface area contributed by atoms with Crippen LogP contribution in [0.2, 0.25) is 0 Å². The average molecular weight is 270 g/mol. The molecule has 1 aromatic carbocycles. The van der Waals surface area contributed by atoms with Crippen LogP contribution in [0.1, 0.15) is 6.42 Å². The first-order chi connectivity index (χ1) is 7.24. The number of halogens is 1. The van der Waals surface area contributed by atoms with Crippen LogP contribution in [0.4, 0.5) is 0 Å². The summed E-state index contributed by atoms with van der Waals surface area (Å²) in [5.41, 5.74) is 0. The van der Waals surface area contributed by atoms with Gasteiger partial charge in [0.1, 0.15) is 5.75 Å². The van der Waals surface area contributed by atoms with Crippen LogP contribution >= 0.6 is 15.9 Å². The Hall–Kier alpha value is -1.03. The minimum Gasteiger partial charge on any atom is -0.493 e. The second-order valence-electron chi connectivity index (χ2n) is 3.64. The number of amides is 1. The van der Waals surface area contributed by atoms with E-state index in [1.807, 2.05) is 24.3 Å². The molecule has 2 rings (SSSR count). The van der Waals surface area contributed by atoms with Gasteiger partial charge in [0.2, 0.25) is 5.91 Å². The van der Waals surface area contributed by atoms with Crippen molar-refractivity contribution in [3.8, 4) is 5.75 Å². The molecule has 1 saturated heterocycles. The Morgan fingerprint density at radius 3 is 2.73 bits per heavy atom. The van der Waals surface area contributed by atoms with Gasteiger partial charge in [0, 0.05) is 23.4 Å². The van der Waals surface area contributed by atoms with Gasteiger partial charge in [0.05, 0.1) is 6.61 Å². The van der Waals surface area contributed by atoms with Crippen LogP contribution in [-0.4, -0.2) is 19.1 Å². The average Bonchev–Trinajstić information content (AvgIpc) is 2.64. The molecule has 0 unspecified atom stereocenters. The van der Waals surface area contributed by atoms with E-state index in [0.717, 1.165) is 16.8 Å². The molecule has 15 heavy (non-hydrogen) atoms. The first-order valence-corrected chi connectivity index (χ1v) is 5.68. The van der Waals surface area contributed by atoms with Gasteiger partial charge in [0.25, 0.3) is 0 Å². The highest BCUT2D eigenvalue weighted by Gasteiger charge is 2.21. The van der Waals surface area contributed by atoms with Crippen LogP contribution < -0.4 is 10.1 Å². The predicted octanol–water partition coefficient (Wildman–Crippen LogP) is 1.96. The molecule has 4 heteroatoms. The van der Waals surface area contributed by atoms with Gasteiger partial charge in [0.15, 0.2) is 0 Å². The largest absolute Gasteiger partial charge is 0.493 e. The number of nitrogens with one attached hydrogen (secondary N) is 1. The second kappa shape index (κ2) is 4.66. The SMILES string of the molecule is O=C1C[C@@H](COc2ccc(Br)cc2)CN1. The Labute approximate surface area is 96.9 Å². The molecule has 0 spiro atoms. The van der Waals surface area contributed by atoms with E-state index < -0.39 is 0 Å². The van der Waals surface area contributed by atoms with E-state index in [2.05, 4.69) is 21.2 Å². The Bertz CT molecular complexity index is 350. The lowest BCUT2D eigenvalue weighted by molar-refractivity contribution is -0.119. The third kappa shape index (κ3) is 2.96. The molecule has 0 saturated carbocycles. The van der Waals surface area contributed by atoms with Crippen LogP contribution in [0, 0.1) is 5.92 Å². The molecule has 0 aromatic heterocycles. The second-order valence-corrected chi connectivity index (χ2v) is 4.55. The number of rotatable bonds is 3. The fourth-order valence-corrected chi connectivity index (χ4v) is 1.79. The van der Waals surface area contributed by atoms with Gasteiger partial charge in [-0.25, -0.2) is 0 Å². The zero-order chi connectivity index (χ0) is 10.7. The van der Waals surface area contributed by atoms with Gasteiger partial charge in [-0.1, -0.05) is 15.9 Å². The number of hydrogen-bond donors (Lipinski definition) is 1. The maximum Gasteiger partial charge on any atom is 0.220 e. The Morgan fingerprint density at radius 2 is 2.13 bits per heavy atom. The standard InChI is InChI=1S/C11H12BrNO2/c12-9-1-3-10(4-2-9)15-7-8-5-11(14)13-6-8/h1-4,8H,5-7H2,(H,13,14)/t8-/m1/s1. The smallest absolute Gasteiger partial charge is 0.220 e. The van der Waals surface area contributed by atoms with Crippen molar-refractivity contribution in [2.45, 2.75) is 6.42 Å². The topological polar surface area (TPSA) is 38.3 Å². The summed E-state index contributed by atoms with van der Waals surface area (Å²) >= 11 is 3.36. The van der Waals surface area contributed by atoms with E-state index >= 15 is 0 Å². The molecule has 1 heterocycles. The van der Waals surface area contributed by atoms with Crippen molar-refractivity contribution in [1.29, 1.82) is 0 Å². The maximum absolute atomic E-state index is 10.9. The monoisotopic (exact) mass is 269 g/mol. The van der Waals surface area contributed by atoms with Crippen molar-refractivity contribution in [1.82, 2.24) is 5.32 Å². The summed E-state index contributed by atoms with van der Waals surface area (Å²) in [5.74, 6) is 1.28. The van der Waals surface area contributed by atoms with E-state index in [-0.39, 0.29) is 5.91 Å². The summed E-state index contributed by atoms with van der Waals surface area (Å²) in [6, 6.07) is 7.70. The molecular formula is C11H12BrNO2. The first kappa shape index (κ1) is 10.5. The Balaban J connectivity index is 1.83. The minimum absolute atomic E-state index is 0.124. The molecule has 0 bridgehead atoms. The van der Waals surface area contributed by atoms with Crippen molar-refractivity contribution < 1.29 is 9.53 Å². The third-order valence-electron chi connectivity index (χ3n) is 2.36. The minimum atomic E-state index is 0.124. The molecule has 80 valence electrons. The fraction of sp³-hybridized carbons (Fsp3) is 0.364. The Morgan fingerprint density at radius 1 is 1.40 bits per heavy atom. The van der Waals surface area contributed by atoms with Crippen molar-refractivity contribution in [2.24, 2.45) is 5.92 Å². The zero-order valence-corrected chi connectivity index (χ0v) is 9.79. The van der Waals surface area contributed by atoms with Crippen molar-refractivity contribution >= 4 is 21.8 Å². The van der Waals surface area contributed by atoms with E-state index in [4.69, 9.17) is 4.74 Å². The normalized spacial score (nSPS) is 20.1. The van der Waals surface area contributed by atoms with Crippen LogP contribution in [0.15, 0.2) is 28.7 Å². The van der Waals surface area contributed by atoms with Crippen LogP contribution in [-0.2, 0) is 4.79 Å². The van der Waals surface area contributed by atoms with Gasteiger partial charge in [-0.05, 0) is 24.3 Å². The number of ether oxygens (including phenoxy) is 1. The quantitative estimate of drug-likeness (QED) is 0.911. The molecule has 0 radical (unpaired) electrons. The lowest BCUT2D eigenvalue weighted by Crippen LogP contribution is -2.16. The number of carbonyl (C=O) groups excluding carboxylic acids is 1. The van der Waals surface area contributed by atoms with E-state index in [0.29, 0.717) is 18.9 Å². The predicted molar refractivity (Wildman–Crippen MR) is 60.8 cm³/mol. The van der Waals surface area contributed by atoms with Gasteiger partial charge < -0.3 is 10.1 Å². The van der Waals surface area contributed by atoms with E-state index in [9.17, 15) is 4.79 Å².